The molecular formula is C22H28O6. The molecule has 2 fully saturated rings. The first-order chi connectivity index (χ1) is 13.3. The Bertz CT molecular complexity index is 796. The maximum absolute atomic E-state index is 12.4. The molecule has 4 rings (SSSR count). The van der Waals surface area contributed by atoms with Gasteiger partial charge in [-0.05, 0) is 49.0 Å². The van der Waals surface area contributed by atoms with Crippen molar-refractivity contribution in [3.05, 3.63) is 35.8 Å². The van der Waals surface area contributed by atoms with Crippen molar-refractivity contribution in [3.63, 3.8) is 0 Å². The van der Waals surface area contributed by atoms with E-state index >= 15 is 0 Å². The first-order valence-electron chi connectivity index (χ1n) is 10.0. The number of aliphatic hydroxyl groups is 1. The van der Waals surface area contributed by atoms with Crippen molar-refractivity contribution in [2.24, 2.45) is 22.7 Å². The zero-order valence-electron chi connectivity index (χ0n) is 16.6. The van der Waals surface area contributed by atoms with Crippen LogP contribution in [0, 0.1) is 22.7 Å². The average Bonchev–Trinajstić information content (AvgIpc) is 3.28. The van der Waals surface area contributed by atoms with Crippen molar-refractivity contribution < 1.29 is 28.6 Å². The normalized spacial score (nSPS) is 38.1. The number of aliphatic hydroxyl groups excluding tert-OH is 1. The van der Waals surface area contributed by atoms with E-state index in [9.17, 15) is 14.7 Å². The zero-order valence-corrected chi connectivity index (χ0v) is 16.6. The molecule has 3 aliphatic rings. The van der Waals surface area contributed by atoms with Gasteiger partial charge in [0.2, 0.25) is 0 Å². The highest BCUT2D eigenvalue weighted by Crippen LogP contribution is 2.64. The van der Waals surface area contributed by atoms with Gasteiger partial charge in [0, 0.05) is 23.5 Å². The van der Waals surface area contributed by atoms with Gasteiger partial charge in [-0.1, -0.05) is 19.9 Å². The van der Waals surface area contributed by atoms with E-state index in [1.165, 1.54) is 6.92 Å². The highest BCUT2D eigenvalue weighted by molar-refractivity contribution is 5.92. The van der Waals surface area contributed by atoms with Crippen LogP contribution in [0.2, 0.25) is 0 Å². The van der Waals surface area contributed by atoms with Gasteiger partial charge < -0.3 is 19.0 Å². The first kappa shape index (κ1) is 19.2. The summed E-state index contributed by atoms with van der Waals surface area (Å²) in [6.07, 6.45) is 6.98. The molecular weight excluding hydrogens is 360 g/mol. The predicted molar refractivity (Wildman–Crippen MR) is 99.9 cm³/mol. The Morgan fingerprint density at radius 2 is 2.25 bits per heavy atom. The SMILES string of the molecule is CC(=O)OC(CC1(C)C(C)C(O)CC23COC(=O)C2=CCCC31)c1ccoc1. The lowest BCUT2D eigenvalue weighted by Gasteiger charge is -2.58. The van der Waals surface area contributed by atoms with Crippen LogP contribution in [0.15, 0.2) is 34.7 Å². The zero-order chi connectivity index (χ0) is 20.1. The Morgan fingerprint density at radius 1 is 1.46 bits per heavy atom. The third-order valence-electron chi connectivity index (χ3n) is 7.52. The van der Waals surface area contributed by atoms with Gasteiger partial charge >= 0.3 is 11.9 Å². The van der Waals surface area contributed by atoms with Crippen LogP contribution in [0.5, 0.6) is 0 Å². The summed E-state index contributed by atoms with van der Waals surface area (Å²) < 4.78 is 16.3. The Morgan fingerprint density at radius 3 is 2.93 bits per heavy atom. The van der Waals surface area contributed by atoms with Gasteiger partial charge in [0.25, 0.3) is 0 Å². The van der Waals surface area contributed by atoms with Crippen molar-refractivity contribution in [2.75, 3.05) is 6.61 Å². The maximum atomic E-state index is 12.4. The van der Waals surface area contributed by atoms with Crippen LogP contribution in [-0.2, 0) is 19.1 Å². The van der Waals surface area contributed by atoms with Crippen LogP contribution in [0.1, 0.15) is 58.1 Å². The smallest absolute Gasteiger partial charge is 0.334 e. The molecule has 0 aromatic carbocycles. The minimum absolute atomic E-state index is 0.0110. The van der Waals surface area contributed by atoms with Crippen LogP contribution in [-0.4, -0.2) is 29.8 Å². The molecule has 1 N–H and O–H groups in total. The lowest BCUT2D eigenvalue weighted by molar-refractivity contribution is -0.160. The predicted octanol–water partition coefficient (Wildman–Crippen LogP) is 3.56. The summed E-state index contributed by atoms with van der Waals surface area (Å²) in [6, 6.07) is 1.81. The van der Waals surface area contributed by atoms with E-state index < -0.39 is 17.6 Å². The molecule has 6 unspecified atom stereocenters. The minimum Gasteiger partial charge on any atom is -0.472 e. The van der Waals surface area contributed by atoms with Gasteiger partial charge in [-0.3, -0.25) is 4.79 Å². The van der Waals surface area contributed by atoms with E-state index in [0.29, 0.717) is 19.4 Å². The van der Waals surface area contributed by atoms with E-state index in [1.54, 1.807) is 12.5 Å². The van der Waals surface area contributed by atoms with E-state index in [1.807, 2.05) is 12.1 Å². The molecule has 6 nitrogen and oxygen atoms in total. The Kier molecular flexibility index (Phi) is 4.65. The molecule has 6 heteroatoms. The molecule has 6 atom stereocenters. The van der Waals surface area contributed by atoms with Crippen LogP contribution in [0.25, 0.3) is 0 Å². The highest BCUT2D eigenvalue weighted by atomic mass is 16.5. The van der Waals surface area contributed by atoms with Gasteiger partial charge in [-0.15, -0.1) is 0 Å². The number of hydrogen-bond donors (Lipinski definition) is 1. The second kappa shape index (κ2) is 6.76. The Labute approximate surface area is 164 Å². The fourth-order valence-corrected chi connectivity index (χ4v) is 5.99. The van der Waals surface area contributed by atoms with Gasteiger partial charge in [0.15, 0.2) is 0 Å². The Balaban J connectivity index is 1.74. The largest absolute Gasteiger partial charge is 0.472 e. The van der Waals surface area contributed by atoms with Crippen molar-refractivity contribution in [3.8, 4) is 0 Å². The number of rotatable bonds is 4. The maximum Gasteiger partial charge on any atom is 0.334 e. The summed E-state index contributed by atoms with van der Waals surface area (Å²) in [5.74, 6) is -0.449. The van der Waals surface area contributed by atoms with E-state index in [4.69, 9.17) is 13.9 Å². The highest BCUT2D eigenvalue weighted by Gasteiger charge is 2.63. The standard InChI is InChI=1S/C22H28O6/c1-13-17(24)9-22-12-27-20(25)16(22)5-4-6-19(22)21(13,3)10-18(28-14(2)23)15-7-8-26-11-15/h5,7-8,11,13,17-19,24H,4,6,9-10,12H2,1-3H3. The van der Waals surface area contributed by atoms with Crippen LogP contribution >= 0.6 is 0 Å². The van der Waals surface area contributed by atoms with Gasteiger partial charge in [0.05, 0.1) is 18.6 Å². The summed E-state index contributed by atoms with van der Waals surface area (Å²) in [5, 5.41) is 11.0. The topological polar surface area (TPSA) is 86.0 Å². The molecule has 2 heterocycles. The second-order valence-electron chi connectivity index (χ2n) is 8.90. The molecule has 2 aliphatic carbocycles. The van der Waals surface area contributed by atoms with Gasteiger partial charge in [0.1, 0.15) is 12.7 Å². The minimum atomic E-state index is -0.556. The number of carbonyl (C=O) groups excluding carboxylic acids is 2. The monoisotopic (exact) mass is 388 g/mol. The number of hydrogen-bond acceptors (Lipinski definition) is 6. The Hall–Kier alpha value is -2.08. The van der Waals surface area contributed by atoms with Gasteiger partial charge in [-0.2, -0.15) is 0 Å². The average molecular weight is 388 g/mol. The fourth-order valence-electron chi connectivity index (χ4n) is 5.99. The molecule has 0 bridgehead atoms. The van der Waals surface area contributed by atoms with Crippen LogP contribution in [0.4, 0.5) is 0 Å². The second-order valence-corrected chi connectivity index (χ2v) is 8.90. The first-order valence-corrected chi connectivity index (χ1v) is 10.0. The van der Waals surface area contributed by atoms with Crippen molar-refractivity contribution in [1.29, 1.82) is 0 Å². The summed E-state index contributed by atoms with van der Waals surface area (Å²) in [6.45, 7) is 5.95. The van der Waals surface area contributed by atoms with E-state index in [0.717, 1.165) is 24.0 Å². The van der Waals surface area contributed by atoms with Crippen molar-refractivity contribution in [1.82, 2.24) is 0 Å². The molecule has 1 aromatic heterocycles. The fraction of sp³-hybridized carbons (Fsp3) is 0.636. The molecule has 152 valence electrons. The molecule has 0 amide bonds. The van der Waals surface area contributed by atoms with Crippen molar-refractivity contribution in [2.45, 2.75) is 58.7 Å². The summed E-state index contributed by atoms with van der Waals surface area (Å²) >= 11 is 0. The number of esters is 2. The van der Waals surface area contributed by atoms with Gasteiger partial charge in [-0.25, -0.2) is 4.79 Å². The number of furan rings is 1. The van der Waals surface area contributed by atoms with Crippen LogP contribution < -0.4 is 0 Å². The number of cyclic esters (lactones) is 1. The molecule has 0 radical (unpaired) electrons. The van der Waals surface area contributed by atoms with E-state index in [-0.39, 0.29) is 29.2 Å². The van der Waals surface area contributed by atoms with Crippen molar-refractivity contribution >= 4 is 11.9 Å². The molecule has 1 spiro atoms. The lowest BCUT2D eigenvalue weighted by atomic mass is 9.46. The molecule has 1 saturated carbocycles. The van der Waals surface area contributed by atoms with Crippen LogP contribution in [0.3, 0.4) is 0 Å². The molecule has 1 saturated heterocycles. The quantitative estimate of drug-likeness (QED) is 0.794. The summed E-state index contributed by atoms with van der Waals surface area (Å²) in [7, 11) is 0. The molecule has 1 aromatic rings. The third-order valence-corrected chi connectivity index (χ3v) is 7.52. The van der Waals surface area contributed by atoms with E-state index in [2.05, 4.69) is 13.8 Å². The summed E-state index contributed by atoms with van der Waals surface area (Å²) in [4.78, 5) is 24.1. The lowest BCUT2D eigenvalue weighted by Crippen LogP contribution is -2.57. The number of carbonyl (C=O) groups is 2. The number of allylic oxidation sites excluding steroid dienone is 1. The summed E-state index contributed by atoms with van der Waals surface area (Å²) in [5.41, 5.74) is 0.742. The third kappa shape index (κ3) is 2.81. The number of ether oxygens (including phenoxy) is 2. The molecule has 1 aliphatic heterocycles. The molecule has 28 heavy (non-hydrogen) atoms.